The molecule has 7 heterocycles. The van der Waals surface area contributed by atoms with Crippen molar-refractivity contribution in [3.63, 3.8) is 0 Å². The summed E-state index contributed by atoms with van der Waals surface area (Å²) in [7, 11) is 0. The van der Waals surface area contributed by atoms with E-state index in [-0.39, 0.29) is 0 Å². The molecular weight excluding hydrogens is 505 g/mol. The van der Waals surface area contributed by atoms with Crippen LogP contribution in [0.1, 0.15) is 34.8 Å². The second-order valence-corrected chi connectivity index (χ2v) is 10.8. The number of benzene rings is 1. The molecule has 0 radical (unpaired) electrons. The summed E-state index contributed by atoms with van der Waals surface area (Å²) in [6, 6.07) is 18.8. The van der Waals surface area contributed by atoms with Gasteiger partial charge in [-0.2, -0.15) is 9.49 Å². The van der Waals surface area contributed by atoms with E-state index in [1.165, 1.54) is 18.1 Å². The Labute approximate surface area is 231 Å². The lowest BCUT2D eigenvalue weighted by Crippen LogP contribution is -2.68. The number of piperazine rings is 1. The Kier molecular flexibility index (Phi) is 6.11. The quantitative estimate of drug-likeness (QED) is 0.333. The van der Waals surface area contributed by atoms with Crippen LogP contribution in [0, 0.1) is 19.8 Å². The van der Waals surface area contributed by atoms with Crippen LogP contribution in [0.15, 0.2) is 67.0 Å². The van der Waals surface area contributed by atoms with Crippen molar-refractivity contribution in [2.24, 2.45) is 0 Å². The maximum atomic E-state index is 13.2. The van der Waals surface area contributed by atoms with Crippen molar-refractivity contribution in [1.82, 2.24) is 39.8 Å². The van der Waals surface area contributed by atoms with Crippen molar-refractivity contribution in [3.8, 4) is 17.1 Å². The molecule has 202 valence electrons. The van der Waals surface area contributed by atoms with Gasteiger partial charge < -0.3 is 4.90 Å². The van der Waals surface area contributed by atoms with Gasteiger partial charge in [0.25, 0.3) is 0 Å². The lowest BCUT2D eigenvalue weighted by molar-refractivity contribution is -0.00867. The maximum absolute atomic E-state index is 13.2. The molecule has 2 unspecified atom stereocenters. The molecule has 2 bridgehead atoms. The second kappa shape index (κ2) is 9.95. The molecule has 2 atom stereocenters. The number of rotatable bonds is 7. The highest BCUT2D eigenvalue weighted by molar-refractivity contribution is 5.57. The first-order valence-electron chi connectivity index (χ1n) is 13.6. The zero-order chi connectivity index (χ0) is 27.2. The minimum absolute atomic E-state index is 0.472. The van der Waals surface area contributed by atoms with Gasteiger partial charge in [0.05, 0.1) is 17.1 Å². The van der Waals surface area contributed by atoms with Crippen molar-refractivity contribution in [2.75, 3.05) is 18.0 Å². The zero-order valence-electron chi connectivity index (χ0n) is 22.5. The molecule has 3 fully saturated rings. The van der Waals surface area contributed by atoms with Crippen molar-refractivity contribution in [3.05, 3.63) is 101 Å². The largest absolute Gasteiger partial charge is 0.353 e. The fourth-order valence-electron chi connectivity index (χ4n) is 5.85. The topological polar surface area (TPSA) is 91.7 Å². The van der Waals surface area contributed by atoms with Crippen LogP contribution in [-0.2, 0) is 13.0 Å². The zero-order valence-corrected chi connectivity index (χ0v) is 22.5. The molecule has 0 aliphatic carbocycles. The summed E-state index contributed by atoms with van der Waals surface area (Å²) in [6.07, 6.45) is 5.40. The fraction of sp³-hybridized carbons (Fsp3) is 0.300. The highest BCUT2D eigenvalue weighted by Crippen LogP contribution is 2.35. The number of anilines is 1. The Morgan fingerprint density at radius 3 is 2.45 bits per heavy atom. The van der Waals surface area contributed by atoms with Crippen LogP contribution in [0.5, 0.6) is 0 Å². The molecule has 10 heteroatoms. The highest BCUT2D eigenvalue weighted by atomic mass is 19.1. The molecule has 8 rings (SSSR count). The van der Waals surface area contributed by atoms with Crippen LogP contribution < -0.4 is 4.90 Å². The summed E-state index contributed by atoms with van der Waals surface area (Å²) >= 11 is 0. The standard InChI is InChI=1S/C30H30FN9/c1-19-11-23(13-24-12-20(2)35-36-24)34-30(33-19)22-5-8-29(32-15-22)38-17-26-14-27(18-38)39(26)16-21-3-6-25(7-4-21)40-10-9-28(31)37-40/h3-12,15,26-27H,13-14,16-18H2,1-2H3,(H,35,36). The van der Waals surface area contributed by atoms with Crippen molar-refractivity contribution >= 4 is 5.82 Å². The minimum atomic E-state index is -0.472. The van der Waals surface area contributed by atoms with Crippen molar-refractivity contribution < 1.29 is 4.39 Å². The van der Waals surface area contributed by atoms with Gasteiger partial charge in [-0.25, -0.2) is 19.6 Å². The molecule has 5 aromatic rings. The number of H-pyrrole nitrogens is 1. The first kappa shape index (κ1) is 24.6. The smallest absolute Gasteiger partial charge is 0.233 e. The summed E-state index contributed by atoms with van der Waals surface area (Å²) in [5, 5.41) is 11.2. The molecular formula is C30H30FN9. The lowest BCUT2D eigenvalue weighted by atomic mass is 9.86. The predicted molar refractivity (Wildman–Crippen MR) is 150 cm³/mol. The van der Waals surface area contributed by atoms with E-state index >= 15 is 0 Å². The maximum Gasteiger partial charge on any atom is 0.233 e. The van der Waals surface area contributed by atoms with Crippen LogP contribution in [0.3, 0.4) is 0 Å². The van der Waals surface area contributed by atoms with E-state index in [1.54, 1.807) is 10.9 Å². The number of piperidine rings is 1. The number of nitrogens with zero attached hydrogens (tertiary/aromatic N) is 8. The molecule has 40 heavy (non-hydrogen) atoms. The summed E-state index contributed by atoms with van der Waals surface area (Å²) in [5.74, 6) is 1.21. The predicted octanol–water partition coefficient (Wildman–Crippen LogP) is 4.26. The van der Waals surface area contributed by atoms with Crippen LogP contribution in [-0.4, -0.2) is 65.0 Å². The SMILES string of the molecule is Cc1cc(Cc2cc(C)[nH]n2)nc(-c2ccc(N3CC4CC(C3)N4Cc3ccc(-n4ccc(F)n4)cc3)nc2)n1. The normalized spacial score (nSPS) is 18.6. The van der Waals surface area contributed by atoms with E-state index < -0.39 is 5.95 Å². The molecule has 0 amide bonds. The summed E-state index contributed by atoms with van der Waals surface area (Å²) < 4.78 is 14.8. The van der Waals surface area contributed by atoms with E-state index in [0.29, 0.717) is 24.3 Å². The Morgan fingerprint density at radius 1 is 0.950 bits per heavy atom. The minimum Gasteiger partial charge on any atom is -0.353 e. The number of nitrogens with one attached hydrogen (secondary N) is 1. The molecule has 3 saturated heterocycles. The molecule has 0 spiro atoms. The van der Waals surface area contributed by atoms with Gasteiger partial charge >= 0.3 is 0 Å². The van der Waals surface area contributed by atoms with Crippen molar-refractivity contribution in [1.29, 1.82) is 0 Å². The third kappa shape index (κ3) is 4.86. The van der Waals surface area contributed by atoms with E-state index in [2.05, 4.69) is 54.3 Å². The number of pyridine rings is 1. The van der Waals surface area contributed by atoms with Crippen LogP contribution in [0.2, 0.25) is 0 Å². The first-order valence-corrected chi connectivity index (χ1v) is 13.6. The average molecular weight is 536 g/mol. The summed E-state index contributed by atoms with van der Waals surface area (Å²) in [4.78, 5) is 19.2. The Morgan fingerprint density at radius 2 is 1.77 bits per heavy atom. The fourth-order valence-corrected chi connectivity index (χ4v) is 5.85. The average Bonchev–Trinajstić information content (AvgIpc) is 3.59. The van der Waals surface area contributed by atoms with Gasteiger partial charge in [-0.15, -0.1) is 5.10 Å². The third-order valence-corrected chi connectivity index (χ3v) is 7.83. The molecule has 3 aliphatic heterocycles. The Hall–Kier alpha value is -4.44. The molecule has 1 aromatic carbocycles. The third-order valence-electron chi connectivity index (χ3n) is 7.83. The van der Waals surface area contributed by atoms with Gasteiger partial charge in [0.1, 0.15) is 5.82 Å². The number of fused-ring (bicyclic) bond motifs is 2. The number of hydrogen-bond donors (Lipinski definition) is 1. The number of halogens is 1. The van der Waals surface area contributed by atoms with Crippen LogP contribution >= 0.6 is 0 Å². The second-order valence-electron chi connectivity index (χ2n) is 10.8. The number of aromatic amines is 1. The van der Waals surface area contributed by atoms with Gasteiger partial charge in [0, 0.05) is 73.6 Å². The number of aryl methyl sites for hydroxylation is 2. The first-order chi connectivity index (χ1) is 19.5. The molecule has 9 nitrogen and oxygen atoms in total. The van der Waals surface area contributed by atoms with E-state index in [1.807, 2.05) is 44.3 Å². The van der Waals surface area contributed by atoms with E-state index in [0.717, 1.165) is 59.5 Å². The Bertz CT molecular complexity index is 1630. The summed E-state index contributed by atoms with van der Waals surface area (Å²) in [6.45, 7) is 6.82. The monoisotopic (exact) mass is 535 g/mol. The molecule has 4 aromatic heterocycles. The molecule has 1 N–H and O–H groups in total. The van der Waals surface area contributed by atoms with Crippen LogP contribution in [0.4, 0.5) is 10.2 Å². The lowest BCUT2D eigenvalue weighted by Gasteiger charge is -2.56. The number of aromatic nitrogens is 7. The van der Waals surface area contributed by atoms with Gasteiger partial charge in [-0.05, 0) is 62.2 Å². The van der Waals surface area contributed by atoms with Gasteiger partial charge in [0.15, 0.2) is 5.82 Å². The van der Waals surface area contributed by atoms with Gasteiger partial charge in [-0.3, -0.25) is 10.00 Å². The highest BCUT2D eigenvalue weighted by Gasteiger charge is 2.44. The Balaban J connectivity index is 0.991. The van der Waals surface area contributed by atoms with E-state index in [9.17, 15) is 4.39 Å². The van der Waals surface area contributed by atoms with Gasteiger partial charge in [-0.1, -0.05) is 12.1 Å². The van der Waals surface area contributed by atoms with E-state index in [4.69, 9.17) is 9.97 Å². The van der Waals surface area contributed by atoms with Crippen LogP contribution in [0.25, 0.3) is 17.1 Å². The van der Waals surface area contributed by atoms with Crippen molar-refractivity contribution in [2.45, 2.75) is 45.3 Å². The number of hydrogen-bond acceptors (Lipinski definition) is 7. The molecule has 0 saturated carbocycles. The van der Waals surface area contributed by atoms with Gasteiger partial charge in [0.2, 0.25) is 5.95 Å². The molecule has 3 aliphatic rings. The summed E-state index contributed by atoms with van der Waals surface area (Å²) in [5.41, 5.74) is 6.90.